The number of anilines is 1. The van der Waals surface area contributed by atoms with Gasteiger partial charge < -0.3 is 20.4 Å². The van der Waals surface area contributed by atoms with Gasteiger partial charge in [-0.05, 0) is 12.1 Å². The molecule has 1 aliphatic rings. The maximum Gasteiger partial charge on any atom is 0.279 e. The molecule has 146 valence electrons. The van der Waals surface area contributed by atoms with Crippen LogP contribution in [0.2, 0.25) is 0 Å². The van der Waals surface area contributed by atoms with Crippen LogP contribution in [0.15, 0.2) is 30.6 Å². The number of nitrogens with zero attached hydrogens (tertiary/aromatic N) is 4. The minimum absolute atomic E-state index is 0.0509. The van der Waals surface area contributed by atoms with Gasteiger partial charge in [0.05, 0.1) is 30.6 Å². The van der Waals surface area contributed by atoms with Gasteiger partial charge in [-0.2, -0.15) is 0 Å². The smallest absolute Gasteiger partial charge is 0.279 e. The molecule has 0 radical (unpaired) electrons. The average Bonchev–Trinajstić information content (AvgIpc) is 3.36. The van der Waals surface area contributed by atoms with E-state index in [4.69, 9.17) is 10.5 Å². The first-order valence-corrected chi connectivity index (χ1v) is 9.03. The summed E-state index contributed by atoms with van der Waals surface area (Å²) in [6.45, 7) is 3.98. The number of para-hydroxylation sites is 2. The lowest BCUT2D eigenvalue weighted by Crippen LogP contribution is -2.44. The number of nitrogens with one attached hydrogen (secondary N) is 2. The zero-order valence-electron chi connectivity index (χ0n) is 15.2. The lowest BCUT2D eigenvalue weighted by atomic mass is 10.2. The van der Waals surface area contributed by atoms with Crippen LogP contribution in [0.25, 0.3) is 11.0 Å². The van der Waals surface area contributed by atoms with Gasteiger partial charge in [0.25, 0.3) is 11.8 Å². The van der Waals surface area contributed by atoms with Crippen LogP contribution in [0.4, 0.5) is 5.95 Å². The Bertz CT molecular complexity index is 957. The van der Waals surface area contributed by atoms with Gasteiger partial charge in [-0.3, -0.25) is 19.4 Å². The standard InChI is InChI=1S/C18H21N7O3/c19-16(26)14-15(21-11-20-14)17(27)25(6-5-24-7-9-28-10-8-24)18-22-12-3-1-2-4-13(12)23-18/h1-4,11H,5-10H2,(H2,19,26)(H,20,21)(H,22,23). The highest BCUT2D eigenvalue weighted by atomic mass is 16.5. The lowest BCUT2D eigenvalue weighted by molar-refractivity contribution is 0.0390. The number of fused-ring (bicyclic) bond motifs is 1. The number of carbonyl (C=O) groups excluding carboxylic acids is 2. The molecule has 1 saturated heterocycles. The molecule has 1 aromatic carbocycles. The van der Waals surface area contributed by atoms with Gasteiger partial charge in [0.2, 0.25) is 5.95 Å². The van der Waals surface area contributed by atoms with E-state index in [-0.39, 0.29) is 11.4 Å². The number of carbonyl (C=O) groups is 2. The molecule has 4 N–H and O–H groups in total. The zero-order chi connectivity index (χ0) is 19.5. The number of imidazole rings is 2. The summed E-state index contributed by atoms with van der Waals surface area (Å²) in [5.41, 5.74) is 6.89. The second kappa shape index (κ2) is 7.79. The second-order valence-electron chi connectivity index (χ2n) is 6.48. The molecule has 0 spiro atoms. The summed E-state index contributed by atoms with van der Waals surface area (Å²) in [5.74, 6) is -0.773. The van der Waals surface area contributed by atoms with Gasteiger partial charge in [0, 0.05) is 26.2 Å². The molecule has 0 aliphatic carbocycles. The number of amides is 2. The fourth-order valence-electron chi connectivity index (χ4n) is 3.22. The van der Waals surface area contributed by atoms with Crippen LogP contribution in [0.5, 0.6) is 0 Å². The van der Waals surface area contributed by atoms with E-state index in [2.05, 4.69) is 24.8 Å². The average molecular weight is 383 g/mol. The number of primary amides is 1. The second-order valence-corrected chi connectivity index (χ2v) is 6.48. The predicted molar refractivity (Wildman–Crippen MR) is 102 cm³/mol. The highest BCUT2D eigenvalue weighted by Crippen LogP contribution is 2.19. The molecule has 28 heavy (non-hydrogen) atoms. The Morgan fingerprint density at radius 1 is 1.25 bits per heavy atom. The molecule has 2 aromatic heterocycles. The Hall–Kier alpha value is -3.24. The van der Waals surface area contributed by atoms with E-state index in [9.17, 15) is 9.59 Å². The molecule has 2 amide bonds. The van der Waals surface area contributed by atoms with E-state index in [1.807, 2.05) is 24.3 Å². The van der Waals surface area contributed by atoms with Gasteiger partial charge >= 0.3 is 0 Å². The molecule has 1 fully saturated rings. The lowest BCUT2D eigenvalue weighted by Gasteiger charge is -2.29. The maximum atomic E-state index is 13.2. The Labute approximate surface area is 160 Å². The zero-order valence-corrected chi connectivity index (χ0v) is 15.2. The van der Waals surface area contributed by atoms with Crippen molar-refractivity contribution in [2.45, 2.75) is 0 Å². The SMILES string of the molecule is NC(=O)c1nc[nH]c1C(=O)N(CCN1CCOCC1)c1nc2ccccc2[nH]1. The Balaban J connectivity index is 1.64. The topological polar surface area (TPSA) is 133 Å². The first-order chi connectivity index (χ1) is 13.6. The number of hydrogen-bond donors (Lipinski definition) is 3. The van der Waals surface area contributed by atoms with Gasteiger partial charge in [0.1, 0.15) is 5.69 Å². The summed E-state index contributed by atoms with van der Waals surface area (Å²) >= 11 is 0. The van der Waals surface area contributed by atoms with Gasteiger partial charge in [-0.25, -0.2) is 9.97 Å². The van der Waals surface area contributed by atoms with Crippen molar-refractivity contribution in [3.63, 3.8) is 0 Å². The summed E-state index contributed by atoms with van der Waals surface area (Å²) < 4.78 is 5.37. The van der Waals surface area contributed by atoms with Gasteiger partial charge in [-0.1, -0.05) is 12.1 Å². The number of rotatable bonds is 6. The third-order valence-corrected chi connectivity index (χ3v) is 4.71. The van der Waals surface area contributed by atoms with E-state index in [1.165, 1.54) is 11.2 Å². The third-order valence-electron chi connectivity index (χ3n) is 4.71. The van der Waals surface area contributed by atoms with Crippen LogP contribution >= 0.6 is 0 Å². The molecular weight excluding hydrogens is 362 g/mol. The molecule has 10 heteroatoms. The number of aromatic nitrogens is 4. The quantitative estimate of drug-likeness (QED) is 0.563. The van der Waals surface area contributed by atoms with E-state index >= 15 is 0 Å². The van der Waals surface area contributed by atoms with Crippen LogP contribution < -0.4 is 10.6 Å². The van der Waals surface area contributed by atoms with Crippen molar-refractivity contribution in [1.82, 2.24) is 24.8 Å². The first kappa shape index (κ1) is 18.1. The number of ether oxygens (including phenoxy) is 1. The van der Waals surface area contributed by atoms with Crippen molar-refractivity contribution in [3.05, 3.63) is 42.0 Å². The number of H-pyrrole nitrogens is 2. The number of morpholine rings is 1. The first-order valence-electron chi connectivity index (χ1n) is 9.03. The van der Waals surface area contributed by atoms with E-state index in [1.54, 1.807) is 0 Å². The summed E-state index contributed by atoms with van der Waals surface area (Å²) in [4.78, 5) is 42.9. The Morgan fingerprint density at radius 2 is 2.04 bits per heavy atom. The highest BCUT2D eigenvalue weighted by Gasteiger charge is 2.27. The molecule has 1 aliphatic heterocycles. The van der Waals surface area contributed by atoms with Crippen molar-refractivity contribution < 1.29 is 14.3 Å². The summed E-state index contributed by atoms with van der Waals surface area (Å²) in [5, 5.41) is 0. The molecular formula is C18H21N7O3. The number of nitrogens with two attached hydrogens (primary N) is 1. The highest BCUT2D eigenvalue weighted by molar-refractivity contribution is 6.10. The fraction of sp³-hybridized carbons (Fsp3) is 0.333. The molecule has 3 aromatic rings. The van der Waals surface area contributed by atoms with Crippen LogP contribution in [0.3, 0.4) is 0 Å². The van der Waals surface area contributed by atoms with Crippen LogP contribution in [0, 0.1) is 0 Å². The minimum atomic E-state index is -0.762. The molecule has 0 unspecified atom stereocenters. The molecule has 0 bridgehead atoms. The summed E-state index contributed by atoms with van der Waals surface area (Å²) in [6.07, 6.45) is 1.28. The van der Waals surface area contributed by atoms with E-state index in [0.717, 1.165) is 24.1 Å². The normalized spacial score (nSPS) is 15.0. The predicted octanol–water partition coefficient (Wildman–Crippen LogP) is 0.364. The minimum Gasteiger partial charge on any atom is -0.379 e. The summed E-state index contributed by atoms with van der Waals surface area (Å²) in [7, 11) is 0. The van der Waals surface area contributed by atoms with E-state index in [0.29, 0.717) is 32.3 Å². The monoisotopic (exact) mass is 383 g/mol. The van der Waals surface area contributed by atoms with Crippen molar-refractivity contribution in [2.75, 3.05) is 44.3 Å². The number of benzene rings is 1. The van der Waals surface area contributed by atoms with Crippen LogP contribution in [0.1, 0.15) is 21.0 Å². The third kappa shape index (κ3) is 3.59. The van der Waals surface area contributed by atoms with Gasteiger partial charge in [0.15, 0.2) is 5.69 Å². The van der Waals surface area contributed by atoms with Crippen molar-refractivity contribution in [2.24, 2.45) is 5.73 Å². The number of hydrogen-bond acceptors (Lipinski definition) is 6. The van der Waals surface area contributed by atoms with Crippen molar-refractivity contribution >= 4 is 28.8 Å². The Kier molecular flexibility index (Phi) is 5.04. The van der Waals surface area contributed by atoms with Crippen LogP contribution in [-0.2, 0) is 4.74 Å². The molecule has 0 saturated carbocycles. The maximum absolute atomic E-state index is 13.2. The largest absolute Gasteiger partial charge is 0.379 e. The molecule has 0 atom stereocenters. The van der Waals surface area contributed by atoms with E-state index < -0.39 is 11.8 Å². The van der Waals surface area contributed by atoms with Crippen molar-refractivity contribution in [1.29, 1.82) is 0 Å². The number of aromatic amines is 2. The summed E-state index contributed by atoms with van der Waals surface area (Å²) in [6, 6.07) is 7.53. The van der Waals surface area contributed by atoms with Crippen molar-refractivity contribution in [3.8, 4) is 0 Å². The molecule has 4 rings (SSSR count). The molecule has 3 heterocycles. The molecule has 10 nitrogen and oxygen atoms in total. The van der Waals surface area contributed by atoms with Gasteiger partial charge in [-0.15, -0.1) is 0 Å². The fourth-order valence-corrected chi connectivity index (χ4v) is 3.22. The van der Waals surface area contributed by atoms with Crippen LogP contribution in [-0.4, -0.2) is 76.0 Å². The Morgan fingerprint density at radius 3 is 2.79 bits per heavy atom.